The molecule has 4 N–H and O–H groups in total. The van der Waals surface area contributed by atoms with E-state index in [2.05, 4.69) is 20.6 Å². The van der Waals surface area contributed by atoms with Crippen LogP contribution in [0.25, 0.3) is 5.70 Å². The number of hydrogen-bond donors (Lipinski definition) is 3. The number of aliphatic carboxylic acids is 1. The molecule has 3 aliphatic rings. The SMILES string of the molecule is CON=C(C(=O)NC1C(=O)N2C(C(=O)O)=C([n+]3cc4c(cn3)CCCC4)C(C)S[C@H]12)c1csc(N)n1. The van der Waals surface area contributed by atoms with Gasteiger partial charge in [-0.25, -0.2) is 9.78 Å². The lowest BCUT2D eigenvalue weighted by Gasteiger charge is -2.49. The van der Waals surface area contributed by atoms with Crippen LogP contribution in [-0.2, 0) is 32.1 Å². The first-order valence-electron chi connectivity index (χ1n) is 11.3. The van der Waals surface area contributed by atoms with Crippen LogP contribution in [0.5, 0.6) is 0 Å². The van der Waals surface area contributed by atoms with Crippen LogP contribution in [0.15, 0.2) is 28.6 Å². The monoisotopic (exact) mass is 530 g/mol. The van der Waals surface area contributed by atoms with Crippen molar-refractivity contribution < 1.29 is 29.0 Å². The first-order chi connectivity index (χ1) is 17.3. The third-order valence-electron chi connectivity index (χ3n) is 6.32. The Hall–Kier alpha value is -3.52. The Bertz CT molecular complexity index is 1320. The van der Waals surface area contributed by atoms with Crippen molar-refractivity contribution in [2.45, 2.75) is 49.3 Å². The summed E-state index contributed by atoms with van der Waals surface area (Å²) in [7, 11) is 1.29. The second kappa shape index (κ2) is 9.50. The van der Waals surface area contributed by atoms with Gasteiger partial charge in [-0.15, -0.1) is 23.1 Å². The minimum atomic E-state index is -1.23. The number of aryl methyl sites for hydroxylation is 2. The molecule has 2 unspecified atom stereocenters. The molecular weight excluding hydrogens is 506 g/mol. The predicted molar refractivity (Wildman–Crippen MR) is 132 cm³/mol. The molecule has 0 radical (unpaired) electrons. The van der Waals surface area contributed by atoms with Gasteiger partial charge in [-0.3, -0.25) is 14.5 Å². The molecule has 1 aliphatic carbocycles. The topological polar surface area (TPSA) is 164 Å². The molecule has 4 heterocycles. The number of thiazole rings is 1. The average molecular weight is 531 g/mol. The summed E-state index contributed by atoms with van der Waals surface area (Å²) in [5.41, 5.74) is 8.35. The van der Waals surface area contributed by atoms with Crippen molar-refractivity contribution in [2.75, 3.05) is 12.8 Å². The normalized spacial score (nSPS) is 23.5. The van der Waals surface area contributed by atoms with Crippen LogP contribution in [0.1, 0.15) is 36.6 Å². The van der Waals surface area contributed by atoms with Crippen molar-refractivity contribution in [3.8, 4) is 0 Å². The maximum absolute atomic E-state index is 13.1. The smallest absolute Gasteiger partial charge is 0.359 e. The van der Waals surface area contributed by atoms with Crippen LogP contribution in [-0.4, -0.2) is 67.4 Å². The number of thioether (sulfide) groups is 1. The summed E-state index contributed by atoms with van der Waals surface area (Å²) < 4.78 is 1.58. The van der Waals surface area contributed by atoms with Crippen molar-refractivity contribution in [1.82, 2.24) is 20.3 Å². The summed E-state index contributed by atoms with van der Waals surface area (Å²) in [6, 6.07) is -0.944. The first kappa shape index (κ1) is 24.2. The van der Waals surface area contributed by atoms with Crippen LogP contribution in [0.3, 0.4) is 0 Å². The van der Waals surface area contributed by atoms with Gasteiger partial charge in [0.2, 0.25) is 11.9 Å². The van der Waals surface area contributed by atoms with Crippen molar-refractivity contribution in [1.29, 1.82) is 0 Å². The molecule has 14 heteroatoms. The molecule has 2 aromatic rings. The number of nitrogen functional groups attached to an aromatic ring is 1. The van der Waals surface area contributed by atoms with Crippen LogP contribution in [0.4, 0.5) is 5.13 Å². The molecule has 2 amide bonds. The van der Waals surface area contributed by atoms with Gasteiger partial charge in [0.15, 0.2) is 10.8 Å². The van der Waals surface area contributed by atoms with Gasteiger partial charge in [0.1, 0.15) is 24.2 Å². The zero-order valence-electron chi connectivity index (χ0n) is 19.5. The number of β-lactam (4-membered cyclic amide) rings is 1. The summed E-state index contributed by atoms with van der Waals surface area (Å²) in [6.45, 7) is 1.87. The Morgan fingerprint density at radius 3 is 2.75 bits per heavy atom. The van der Waals surface area contributed by atoms with Gasteiger partial charge in [0, 0.05) is 10.9 Å². The Kier molecular flexibility index (Phi) is 6.38. The van der Waals surface area contributed by atoms with E-state index in [9.17, 15) is 19.5 Å². The number of fused-ring (bicyclic) bond motifs is 2. The zero-order chi connectivity index (χ0) is 25.6. The molecule has 0 spiro atoms. The number of carboxylic acids is 1. The second-order valence-corrected chi connectivity index (χ2v) is 10.9. The second-order valence-electron chi connectivity index (χ2n) is 8.54. The van der Waals surface area contributed by atoms with E-state index in [-0.39, 0.29) is 27.5 Å². The summed E-state index contributed by atoms with van der Waals surface area (Å²) in [5, 5.41) is 21.9. The van der Waals surface area contributed by atoms with E-state index in [1.165, 1.54) is 29.3 Å². The zero-order valence-corrected chi connectivity index (χ0v) is 21.1. The fourth-order valence-electron chi connectivity index (χ4n) is 4.66. The van der Waals surface area contributed by atoms with Gasteiger partial charge in [-0.2, -0.15) is 0 Å². The van der Waals surface area contributed by atoms with E-state index < -0.39 is 29.2 Å². The van der Waals surface area contributed by atoms with E-state index >= 15 is 0 Å². The quantitative estimate of drug-likeness (QED) is 0.207. The van der Waals surface area contributed by atoms with Gasteiger partial charge in [-0.05, 0) is 43.3 Å². The molecule has 2 aromatic heterocycles. The van der Waals surface area contributed by atoms with Gasteiger partial charge < -0.3 is 21.0 Å². The largest absolute Gasteiger partial charge is 0.476 e. The highest BCUT2D eigenvalue weighted by Crippen LogP contribution is 2.44. The minimum absolute atomic E-state index is 0.130. The van der Waals surface area contributed by atoms with E-state index in [1.807, 2.05) is 13.1 Å². The maximum atomic E-state index is 13.1. The molecule has 0 saturated carbocycles. The number of carbonyl (C=O) groups excluding carboxylic acids is 2. The fraction of sp³-hybridized carbons (Fsp3) is 0.409. The van der Waals surface area contributed by atoms with Gasteiger partial charge >= 0.3 is 5.97 Å². The van der Waals surface area contributed by atoms with Crippen LogP contribution >= 0.6 is 23.1 Å². The molecule has 0 bridgehead atoms. The van der Waals surface area contributed by atoms with Crippen LogP contribution < -0.4 is 15.7 Å². The van der Waals surface area contributed by atoms with Crippen molar-refractivity contribution >= 4 is 57.4 Å². The average Bonchev–Trinajstić information content (AvgIpc) is 3.30. The van der Waals surface area contributed by atoms with E-state index in [1.54, 1.807) is 16.3 Å². The molecular formula is C22H24N7O5S2+. The molecule has 0 aromatic carbocycles. The number of aromatic nitrogens is 3. The van der Waals surface area contributed by atoms with Gasteiger partial charge in [-0.1, -0.05) is 9.84 Å². The Morgan fingerprint density at radius 2 is 2.08 bits per heavy atom. The number of nitrogens with one attached hydrogen (secondary N) is 1. The molecule has 2 aliphatic heterocycles. The summed E-state index contributed by atoms with van der Waals surface area (Å²) >= 11 is 2.52. The number of nitrogens with zero attached hydrogens (tertiary/aromatic N) is 5. The van der Waals surface area contributed by atoms with E-state index in [0.29, 0.717) is 5.70 Å². The minimum Gasteiger partial charge on any atom is -0.476 e. The third-order valence-corrected chi connectivity index (χ3v) is 8.39. The highest BCUT2D eigenvalue weighted by molar-refractivity contribution is 8.01. The van der Waals surface area contributed by atoms with Crippen molar-refractivity contribution in [3.63, 3.8) is 0 Å². The summed E-state index contributed by atoms with van der Waals surface area (Å²) in [6.07, 6.45) is 7.70. The molecule has 5 rings (SSSR count). The lowest BCUT2D eigenvalue weighted by atomic mass is 9.94. The number of carboxylic acid groups (broad SMARTS) is 1. The van der Waals surface area contributed by atoms with E-state index in [0.717, 1.165) is 42.6 Å². The predicted octanol–water partition coefficient (Wildman–Crippen LogP) is 0.379. The third kappa shape index (κ3) is 4.09. The Labute approximate surface area is 214 Å². The molecule has 36 heavy (non-hydrogen) atoms. The lowest BCUT2D eigenvalue weighted by molar-refractivity contribution is -0.649. The fourth-order valence-corrected chi connectivity index (χ4v) is 6.65. The Morgan fingerprint density at radius 1 is 1.33 bits per heavy atom. The lowest BCUT2D eigenvalue weighted by Crippen LogP contribution is -2.72. The Balaban J connectivity index is 1.43. The summed E-state index contributed by atoms with van der Waals surface area (Å²) in [4.78, 5) is 48.5. The maximum Gasteiger partial charge on any atom is 0.359 e. The van der Waals surface area contributed by atoms with Crippen LogP contribution in [0.2, 0.25) is 0 Å². The first-order valence-corrected chi connectivity index (χ1v) is 13.1. The molecule has 3 atom stereocenters. The number of nitrogens with two attached hydrogens (primary N) is 1. The van der Waals surface area contributed by atoms with Gasteiger partial charge in [0.25, 0.3) is 17.5 Å². The number of carbonyl (C=O) groups is 3. The van der Waals surface area contributed by atoms with Crippen LogP contribution in [0, 0.1) is 0 Å². The van der Waals surface area contributed by atoms with Crippen molar-refractivity contribution in [3.05, 3.63) is 40.3 Å². The van der Waals surface area contributed by atoms with E-state index in [4.69, 9.17) is 10.6 Å². The summed E-state index contributed by atoms with van der Waals surface area (Å²) in [5.74, 6) is -2.44. The molecule has 1 saturated heterocycles. The number of amides is 2. The van der Waals surface area contributed by atoms with Gasteiger partial charge in [0.05, 0.1) is 11.4 Å². The number of rotatable bonds is 6. The molecule has 188 valence electrons. The molecule has 1 fully saturated rings. The number of anilines is 1. The standard InChI is InChI=1S/C22H23N7O5S2/c1-10-16(28-8-12-6-4-3-5-11(12)7-24-28)17(21(32)33)29-19(31)15(20(29)36-10)26-18(30)14(27-34-2)13-9-35-22(23)25-13/h7-10,15,20H,3-6H2,1-2H3,(H3-,23,25,26,30,32,33)/p+1/t10?,15?,20-/m1/s1. The highest BCUT2D eigenvalue weighted by atomic mass is 32.2. The number of hydrogen-bond acceptors (Lipinski definition) is 10. The van der Waals surface area contributed by atoms with Crippen molar-refractivity contribution in [2.24, 2.45) is 5.16 Å². The number of oxime groups is 1. The molecule has 12 nitrogen and oxygen atoms in total. The highest BCUT2D eigenvalue weighted by Gasteiger charge is 2.58.